The summed E-state index contributed by atoms with van der Waals surface area (Å²) in [5.74, 6) is -0.460. The molecule has 0 spiro atoms. The number of rotatable bonds is 8. The van der Waals surface area contributed by atoms with E-state index >= 15 is 0 Å². The molecular weight excluding hydrogens is 316 g/mol. The van der Waals surface area contributed by atoms with Crippen molar-refractivity contribution in [2.75, 3.05) is 14.2 Å². The maximum atomic E-state index is 12.4. The molecule has 5 nitrogen and oxygen atoms in total. The number of ether oxygens (including phenoxy) is 2. The number of carboxylic acids is 1. The maximum absolute atomic E-state index is 12.4. The van der Waals surface area contributed by atoms with Crippen molar-refractivity contribution in [2.24, 2.45) is 5.92 Å². The van der Waals surface area contributed by atoms with E-state index in [-0.39, 0.29) is 12.2 Å². The highest BCUT2D eigenvalue weighted by atomic mass is 32.1. The van der Waals surface area contributed by atoms with Gasteiger partial charge in [0.2, 0.25) is 0 Å². The molecule has 1 unspecified atom stereocenters. The van der Waals surface area contributed by atoms with Gasteiger partial charge in [0.25, 0.3) is 0 Å². The number of hydrogen-bond donors (Lipinski definition) is 1. The summed E-state index contributed by atoms with van der Waals surface area (Å²) in [6, 6.07) is 5.44. The number of ketones is 1. The SMILES string of the molecule is CCCC(CC(=O)c1cc2cc(OC)c(OC)cc2s1)C(=O)O. The van der Waals surface area contributed by atoms with Crippen LogP contribution in [0, 0.1) is 5.92 Å². The lowest BCUT2D eigenvalue weighted by molar-refractivity contribution is -0.141. The van der Waals surface area contributed by atoms with Gasteiger partial charge in [0, 0.05) is 17.2 Å². The largest absolute Gasteiger partial charge is 0.493 e. The van der Waals surface area contributed by atoms with E-state index in [1.807, 2.05) is 19.1 Å². The zero-order valence-corrected chi connectivity index (χ0v) is 14.2. The Bertz CT molecular complexity index is 678. The molecule has 2 rings (SSSR count). The van der Waals surface area contributed by atoms with Crippen molar-refractivity contribution in [1.29, 1.82) is 0 Å². The van der Waals surface area contributed by atoms with Gasteiger partial charge >= 0.3 is 5.97 Å². The van der Waals surface area contributed by atoms with Gasteiger partial charge in [-0.15, -0.1) is 11.3 Å². The highest BCUT2D eigenvalue weighted by Gasteiger charge is 2.22. The third-order valence-electron chi connectivity index (χ3n) is 3.72. The lowest BCUT2D eigenvalue weighted by Crippen LogP contribution is -2.17. The zero-order valence-electron chi connectivity index (χ0n) is 13.4. The van der Waals surface area contributed by atoms with Crippen LogP contribution in [0.4, 0.5) is 0 Å². The summed E-state index contributed by atoms with van der Waals surface area (Å²) >= 11 is 1.35. The number of carbonyl (C=O) groups is 2. The molecule has 1 atom stereocenters. The van der Waals surface area contributed by atoms with Crippen molar-refractivity contribution in [1.82, 2.24) is 0 Å². The zero-order chi connectivity index (χ0) is 17.0. The number of hydrogen-bond acceptors (Lipinski definition) is 5. The summed E-state index contributed by atoms with van der Waals surface area (Å²) < 4.78 is 11.4. The van der Waals surface area contributed by atoms with Crippen LogP contribution in [0.15, 0.2) is 18.2 Å². The summed E-state index contributed by atoms with van der Waals surface area (Å²) in [5.41, 5.74) is 0. The van der Waals surface area contributed by atoms with E-state index in [9.17, 15) is 14.7 Å². The van der Waals surface area contributed by atoms with Gasteiger partial charge in [-0.2, -0.15) is 0 Å². The summed E-state index contributed by atoms with van der Waals surface area (Å²) in [6.45, 7) is 1.92. The minimum absolute atomic E-state index is 0.0320. The Morgan fingerprint density at radius 2 is 1.83 bits per heavy atom. The van der Waals surface area contributed by atoms with Crippen LogP contribution in [0.2, 0.25) is 0 Å². The minimum atomic E-state index is -0.912. The van der Waals surface area contributed by atoms with Gasteiger partial charge in [-0.25, -0.2) is 0 Å². The minimum Gasteiger partial charge on any atom is -0.493 e. The van der Waals surface area contributed by atoms with Crippen molar-refractivity contribution in [3.63, 3.8) is 0 Å². The van der Waals surface area contributed by atoms with Gasteiger partial charge < -0.3 is 14.6 Å². The average molecular weight is 336 g/mol. The topological polar surface area (TPSA) is 72.8 Å². The molecule has 1 aromatic carbocycles. The second kappa shape index (κ2) is 7.46. The number of fused-ring (bicyclic) bond motifs is 1. The Morgan fingerprint density at radius 3 is 2.39 bits per heavy atom. The third-order valence-corrected chi connectivity index (χ3v) is 4.85. The van der Waals surface area contributed by atoms with Gasteiger partial charge in [-0.05, 0) is 23.9 Å². The Hall–Kier alpha value is -2.08. The van der Waals surface area contributed by atoms with E-state index in [4.69, 9.17) is 9.47 Å². The molecule has 0 aliphatic carbocycles. The van der Waals surface area contributed by atoms with Gasteiger partial charge in [0.15, 0.2) is 17.3 Å². The highest BCUT2D eigenvalue weighted by molar-refractivity contribution is 7.20. The van der Waals surface area contributed by atoms with Gasteiger partial charge in [0.1, 0.15) is 0 Å². The van der Waals surface area contributed by atoms with E-state index in [2.05, 4.69) is 0 Å². The van der Waals surface area contributed by atoms with Crippen molar-refractivity contribution >= 4 is 33.2 Å². The normalized spacial score (nSPS) is 12.1. The molecule has 1 N–H and O–H groups in total. The first-order chi connectivity index (χ1) is 11.0. The number of thiophene rings is 1. The number of carboxylic acid groups (broad SMARTS) is 1. The monoisotopic (exact) mass is 336 g/mol. The number of Topliss-reactive ketones (excluding diaryl/α,β-unsaturated/α-hetero) is 1. The van der Waals surface area contributed by atoms with Crippen LogP contribution >= 0.6 is 11.3 Å². The Balaban J connectivity index is 2.29. The fourth-order valence-electron chi connectivity index (χ4n) is 2.49. The molecule has 124 valence electrons. The molecule has 0 saturated carbocycles. The number of benzene rings is 1. The predicted molar refractivity (Wildman–Crippen MR) is 89.9 cm³/mol. The molecule has 0 bridgehead atoms. The second-order valence-corrected chi connectivity index (χ2v) is 6.39. The standard InChI is InChI=1S/C17H20O5S/c1-4-5-10(17(19)20)6-12(18)16-8-11-7-13(21-2)14(22-3)9-15(11)23-16/h7-10H,4-6H2,1-3H3,(H,19,20). The second-order valence-electron chi connectivity index (χ2n) is 5.31. The quantitative estimate of drug-likeness (QED) is 0.738. The van der Waals surface area contributed by atoms with Crippen molar-refractivity contribution in [3.8, 4) is 11.5 Å². The third kappa shape index (κ3) is 3.82. The fraction of sp³-hybridized carbons (Fsp3) is 0.412. The molecule has 2 aromatic rings. The maximum Gasteiger partial charge on any atom is 0.306 e. The molecule has 23 heavy (non-hydrogen) atoms. The molecule has 6 heteroatoms. The molecule has 0 radical (unpaired) electrons. The number of carbonyl (C=O) groups excluding carboxylic acids is 1. The van der Waals surface area contributed by atoms with Gasteiger partial charge in [-0.3, -0.25) is 9.59 Å². The molecule has 0 saturated heterocycles. The Morgan fingerprint density at radius 1 is 1.17 bits per heavy atom. The lowest BCUT2D eigenvalue weighted by Gasteiger charge is -2.08. The first-order valence-electron chi connectivity index (χ1n) is 7.41. The molecule has 0 aliphatic rings. The van der Waals surface area contributed by atoms with E-state index in [0.29, 0.717) is 22.8 Å². The predicted octanol–water partition coefficient (Wildman–Crippen LogP) is 3.99. The highest BCUT2D eigenvalue weighted by Crippen LogP contribution is 2.37. The fourth-order valence-corrected chi connectivity index (χ4v) is 3.51. The molecule has 0 fully saturated rings. The van der Waals surface area contributed by atoms with E-state index in [0.717, 1.165) is 16.5 Å². The van der Waals surface area contributed by atoms with Crippen molar-refractivity contribution in [3.05, 3.63) is 23.1 Å². The first kappa shape index (κ1) is 17.3. The van der Waals surface area contributed by atoms with E-state index < -0.39 is 11.9 Å². The van der Waals surface area contributed by atoms with Crippen molar-refractivity contribution in [2.45, 2.75) is 26.2 Å². The molecular formula is C17H20O5S. The Kier molecular flexibility index (Phi) is 5.60. The van der Waals surface area contributed by atoms with Crippen LogP contribution < -0.4 is 9.47 Å². The molecule has 0 amide bonds. The average Bonchev–Trinajstić information content (AvgIpc) is 2.95. The van der Waals surface area contributed by atoms with Crippen LogP contribution in [0.1, 0.15) is 35.9 Å². The number of methoxy groups -OCH3 is 2. The van der Waals surface area contributed by atoms with Crippen LogP contribution in [0.25, 0.3) is 10.1 Å². The van der Waals surface area contributed by atoms with Crippen LogP contribution in [0.3, 0.4) is 0 Å². The summed E-state index contributed by atoms with van der Waals surface area (Å²) in [5, 5.41) is 10.1. The van der Waals surface area contributed by atoms with Gasteiger partial charge in [0.05, 0.1) is 25.0 Å². The summed E-state index contributed by atoms with van der Waals surface area (Å²) in [7, 11) is 3.12. The molecule has 1 heterocycles. The summed E-state index contributed by atoms with van der Waals surface area (Å²) in [4.78, 5) is 24.2. The smallest absolute Gasteiger partial charge is 0.306 e. The van der Waals surface area contributed by atoms with Crippen LogP contribution in [-0.2, 0) is 4.79 Å². The van der Waals surface area contributed by atoms with Crippen LogP contribution in [0.5, 0.6) is 11.5 Å². The van der Waals surface area contributed by atoms with Crippen molar-refractivity contribution < 1.29 is 24.2 Å². The summed E-state index contributed by atoms with van der Waals surface area (Å²) in [6.07, 6.45) is 1.28. The van der Waals surface area contributed by atoms with E-state index in [1.54, 1.807) is 20.3 Å². The lowest BCUT2D eigenvalue weighted by atomic mass is 9.97. The van der Waals surface area contributed by atoms with E-state index in [1.165, 1.54) is 11.3 Å². The van der Waals surface area contributed by atoms with Crippen LogP contribution in [-0.4, -0.2) is 31.1 Å². The van der Waals surface area contributed by atoms with Gasteiger partial charge in [-0.1, -0.05) is 13.3 Å². The first-order valence-corrected chi connectivity index (χ1v) is 8.23. The molecule has 1 aromatic heterocycles. The molecule has 0 aliphatic heterocycles. The Labute approximate surface area is 138 Å². The number of aliphatic carboxylic acids is 1.